The van der Waals surface area contributed by atoms with Gasteiger partial charge in [0.1, 0.15) is 15.5 Å². The van der Waals surface area contributed by atoms with Crippen molar-refractivity contribution in [3.8, 4) is 5.69 Å². The van der Waals surface area contributed by atoms with Crippen molar-refractivity contribution in [2.75, 3.05) is 0 Å². The first-order valence-electron chi connectivity index (χ1n) is 7.60. The van der Waals surface area contributed by atoms with E-state index in [1.54, 1.807) is 0 Å². The number of benzene rings is 2. The highest BCUT2D eigenvalue weighted by atomic mass is 32.2. The Morgan fingerprint density at radius 1 is 0.774 bits per heavy atom. The lowest BCUT2D eigenvalue weighted by molar-refractivity contribution is 0.0690. The van der Waals surface area contributed by atoms with Gasteiger partial charge in [-0.05, 0) is 24.3 Å². The van der Waals surface area contributed by atoms with Crippen molar-refractivity contribution < 1.29 is 48.8 Å². The summed E-state index contributed by atoms with van der Waals surface area (Å²) >= 11 is 0. The van der Waals surface area contributed by atoms with E-state index in [4.69, 9.17) is 5.11 Å². The molecule has 0 saturated carbocycles. The maximum absolute atomic E-state index is 12.1. The number of H-pyrrole nitrogens is 1. The number of fused-ring (bicyclic) bond motifs is 1. The molecule has 5 N–H and O–H groups in total. The largest absolute Gasteiger partial charge is 0.477 e. The lowest BCUT2D eigenvalue weighted by atomic mass is 10.1. The number of aromatic nitrogens is 2. The van der Waals surface area contributed by atoms with Gasteiger partial charge in [-0.25, -0.2) is 9.48 Å². The number of nitrogens with zero attached hydrogens (tertiary/aromatic N) is 1. The van der Waals surface area contributed by atoms with Crippen LogP contribution < -0.4 is 5.56 Å². The number of carboxylic acids is 1. The maximum Gasteiger partial charge on any atom is 0.353 e. The fourth-order valence-corrected chi connectivity index (χ4v) is 4.81. The average Bonchev–Trinajstić information content (AvgIpc) is 2.99. The van der Waals surface area contributed by atoms with Crippen molar-refractivity contribution >= 4 is 47.1 Å². The zero-order valence-corrected chi connectivity index (χ0v) is 17.1. The van der Waals surface area contributed by atoms with Gasteiger partial charge < -0.3 is 5.11 Å². The summed E-state index contributed by atoms with van der Waals surface area (Å²) in [6.07, 6.45) is 0. The number of nitrogens with one attached hydrogen (secondary N) is 1. The summed E-state index contributed by atoms with van der Waals surface area (Å²) in [7, 11) is -15.5. The lowest BCUT2D eigenvalue weighted by Gasteiger charge is -2.12. The minimum absolute atomic E-state index is 0.324. The summed E-state index contributed by atoms with van der Waals surface area (Å²) in [5.74, 6) is -1.55. The number of rotatable bonds is 5. The molecule has 14 nitrogen and oxygen atoms in total. The fourth-order valence-electron chi connectivity index (χ4n) is 2.76. The molecule has 166 valence electrons. The topological polar surface area (TPSA) is 238 Å². The fraction of sp³-hybridized carbons (Fsp3) is 0. The lowest BCUT2D eigenvalue weighted by Crippen LogP contribution is -2.15. The summed E-state index contributed by atoms with van der Waals surface area (Å²) < 4.78 is 99.1. The highest BCUT2D eigenvalue weighted by Crippen LogP contribution is 2.33. The zero-order chi connectivity index (χ0) is 23.5. The SMILES string of the molecule is O=C(O)c1cc(=O)n(-c2cc(S(=O)(=O)O)c3cc(S(=O)(=O)O)cc(S(=O)(=O)O)c3c2)[nH]1. The molecule has 0 aliphatic heterocycles. The van der Waals surface area contributed by atoms with Crippen LogP contribution in [0.3, 0.4) is 0 Å². The molecule has 0 amide bonds. The molecule has 0 radical (unpaired) electrons. The predicted octanol–water partition coefficient (Wildman–Crippen LogP) is -0.243. The van der Waals surface area contributed by atoms with E-state index < -0.39 is 78.7 Å². The van der Waals surface area contributed by atoms with Crippen molar-refractivity contribution in [1.82, 2.24) is 9.78 Å². The Balaban J connectivity index is 2.59. The second-order valence-corrected chi connectivity index (χ2v) is 10.2. The monoisotopic (exact) mass is 494 g/mol. The molecule has 0 fully saturated rings. The van der Waals surface area contributed by atoms with Gasteiger partial charge in [0.25, 0.3) is 35.9 Å². The van der Waals surface area contributed by atoms with Gasteiger partial charge in [0, 0.05) is 16.8 Å². The van der Waals surface area contributed by atoms with E-state index in [1.165, 1.54) is 0 Å². The molecular formula is C14H10N2O12S3. The number of aromatic carboxylic acids is 1. The van der Waals surface area contributed by atoms with Crippen LogP contribution >= 0.6 is 0 Å². The summed E-state index contributed by atoms with van der Waals surface area (Å²) in [5.41, 5.74) is -2.11. The van der Waals surface area contributed by atoms with Crippen LogP contribution in [-0.4, -0.2) is 59.8 Å². The molecule has 3 rings (SSSR count). The van der Waals surface area contributed by atoms with Crippen molar-refractivity contribution in [2.45, 2.75) is 14.7 Å². The maximum atomic E-state index is 12.1. The first kappa shape index (κ1) is 22.6. The Morgan fingerprint density at radius 2 is 1.29 bits per heavy atom. The first-order chi connectivity index (χ1) is 14.0. The highest BCUT2D eigenvalue weighted by Gasteiger charge is 2.26. The summed E-state index contributed by atoms with van der Waals surface area (Å²) in [4.78, 5) is 19.7. The molecule has 0 spiro atoms. The third kappa shape index (κ3) is 4.22. The second-order valence-electron chi connectivity index (χ2n) is 6.03. The third-order valence-corrected chi connectivity index (χ3v) is 6.63. The molecule has 17 heteroatoms. The Labute approximate surface area is 172 Å². The van der Waals surface area contributed by atoms with Crippen LogP contribution in [0, 0.1) is 0 Å². The van der Waals surface area contributed by atoms with Gasteiger partial charge in [0.15, 0.2) is 0 Å². The Bertz CT molecular complexity index is 1640. The zero-order valence-electron chi connectivity index (χ0n) is 14.6. The standard InChI is InChI=1S/C14H10N2O12S3/c17-13-5-10(14(18)19)15-16(13)6-1-8-9(11(2-6)30(23,24)25)3-7(29(20,21)22)4-12(8)31(26,27)28/h1-5,15H,(H,18,19)(H,20,21,22)(H,23,24,25)(H,26,27,28). The summed E-state index contributed by atoms with van der Waals surface area (Å²) in [6.45, 7) is 0. The molecule has 3 aromatic rings. The minimum Gasteiger partial charge on any atom is -0.477 e. The molecule has 0 unspecified atom stereocenters. The van der Waals surface area contributed by atoms with E-state index >= 15 is 0 Å². The van der Waals surface area contributed by atoms with E-state index in [9.17, 15) is 48.5 Å². The van der Waals surface area contributed by atoms with Crippen LogP contribution in [0.2, 0.25) is 0 Å². The van der Waals surface area contributed by atoms with Gasteiger partial charge in [-0.2, -0.15) is 25.3 Å². The van der Waals surface area contributed by atoms with Gasteiger partial charge in [0.2, 0.25) is 0 Å². The van der Waals surface area contributed by atoms with Crippen LogP contribution in [0.15, 0.2) is 49.8 Å². The van der Waals surface area contributed by atoms with E-state index in [2.05, 4.69) is 5.10 Å². The van der Waals surface area contributed by atoms with E-state index in [0.717, 1.165) is 6.07 Å². The Hall–Kier alpha value is -3.09. The molecule has 0 atom stereocenters. The van der Waals surface area contributed by atoms with Crippen molar-refractivity contribution in [2.24, 2.45) is 0 Å². The van der Waals surface area contributed by atoms with Crippen LogP contribution in [0.25, 0.3) is 16.5 Å². The van der Waals surface area contributed by atoms with Gasteiger partial charge in [-0.3, -0.25) is 23.6 Å². The Kier molecular flexibility index (Phi) is 5.08. The molecule has 31 heavy (non-hydrogen) atoms. The molecule has 2 aromatic carbocycles. The van der Waals surface area contributed by atoms with E-state index in [0.29, 0.717) is 28.9 Å². The summed E-state index contributed by atoms with van der Waals surface area (Å²) in [6, 6.07) is 2.90. The van der Waals surface area contributed by atoms with Gasteiger partial charge in [-0.1, -0.05) is 0 Å². The van der Waals surface area contributed by atoms with Crippen molar-refractivity contribution in [3.05, 3.63) is 46.4 Å². The molecular weight excluding hydrogens is 484 g/mol. The molecule has 0 saturated heterocycles. The van der Waals surface area contributed by atoms with E-state index in [-0.39, 0.29) is 0 Å². The van der Waals surface area contributed by atoms with Crippen molar-refractivity contribution in [3.63, 3.8) is 0 Å². The number of hydrogen-bond acceptors (Lipinski definition) is 8. The predicted molar refractivity (Wildman–Crippen MR) is 100 cm³/mol. The number of carbonyl (C=O) groups is 1. The number of hydrogen-bond donors (Lipinski definition) is 5. The first-order valence-corrected chi connectivity index (χ1v) is 11.9. The van der Waals surface area contributed by atoms with Crippen LogP contribution in [-0.2, 0) is 30.4 Å². The minimum atomic E-state index is -5.24. The normalized spacial score (nSPS) is 12.9. The molecule has 0 aliphatic carbocycles. The Morgan fingerprint density at radius 3 is 1.74 bits per heavy atom. The second kappa shape index (κ2) is 6.97. The smallest absolute Gasteiger partial charge is 0.353 e. The number of aromatic amines is 1. The van der Waals surface area contributed by atoms with Crippen LogP contribution in [0.5, 0.6) is 0 Å². The van der Waals surface area contributed by atoms with Crippen LogP contribution in [0.1, 0.15) is 10.5 Å². The molecule has 0 aliphatic rings. The van der Waals surface area contributed by atoms with Gasteiger partial charge >= 0.3 is 5.97 Å². The quantitative estimate of drug-likeness (QED) is 0.289. The average molecular weight is 494 g/mol. The molecule has 1 aromatic heterocycles. The van der Waals surface area contributed by atoms with Crippen LogP contribution in [0.4, 0.5) is 0 Å². The van der Waals surface area contributed by atoms with Crippen molar-refractivity contribution in [1.29, 1.82) is 0 Å². The highest BCUT2D eigenvalue weighted by molar-refractivity contribution is 7.87. The third-order valence-electron chi connectivity index (χ3n) is 4.01. The van der Waals surface area contributed by atoms with E-state index in [1.807, 2.05) is 0 Å². The summed E-state index contributed by atoms with van der Waals surface area (Å²) in [5, 5.41) is 9.67. The van der Waals surface area contributed by atoms with Gasteiger partial charge in [0.05, 0.1) is 10.6 Å². The molecule has 1 heterocycles. The van der Waals surface area contributed by atoms with Gasteiger partial charge in [-0.15, -0.1) is 0 Å². The molecule has 0 bridgehead atoms. The number of carboxylic acid groups (broad SMARTS) is 1.